The van der Waals surface area contributed by atoms with Gasteiger partial charge in [0, 0.05) is 19.1 Å². The van der Waals surface area contributed by atoms with Gasteiger partial charge in [-0.15, -0.1) is 0 Å². The minimum Gasteiger partial charge on any atom is -0.465 e. The summed E-state index contributed by atoms with van der Waals surface area (Å²) in [6.45, 7) is 12.4. The van der Waals surface area contributed by atoms with Gasteiger partial charge in [-0.3, -0.25) is 4.79 Å². The van der Waals surface area contributed by atoms with Crippen molar-refractivity contribution < 1.29 is 14.3 Å². The molecule has 0 aliphatic heterocycles. The second kappa shape index (κ2) is 10.2. The molecule has 0 aromatic carbocycles. The lowest BCUT2D eigenvalue weighted by Gasteiger charge is -2.25. The maximum Gasteiger partial charge on any atom is 0.324 e. The van der Waals surface area contributed by atoms with Crippen LogP contribution in [0.5, 0.6) is 0 Å². The van der Waals surface area contributed by atoms with Crippen molar-refractivity contribution in [3.8, 4) is 0 Å². The van der Waals surface area contributed by atoms with Crippen LogP contribution in [0.1, 0.15) is 34.6 Å². The third-order valence-electron chi connectivity index (χ3n) is 2.52. The average molecular weight is 274 g/mol. The fraction of sp³-hybridized carbons (Fsp3) is 0.929. The normalized spacial score (nSPS) is 13.3. The van der Waals surface area contributed by atoms with E-state index >= 15 is 0 Å². The number of likely N-dealkylation sites (N-methyl/N-ethyl adjacent to an activating group) is 1. The van der Waals surface area contributed by atoms with E-state index in [-0.39, 0.29) is 24.2 Å². The zero-order chi connectivity index (χ0) is 14.8. The zero-order valence-electron chi connectivity index (χ0n) is 13.2. The topological polar surface area (TPSA) is 50.8 Å². The molecule has 0 saturated heterocycles. The molecule has 1 N–H and O–H groups in total. The molecule has 0 amide bonds. The first-order valence-electron chi connectivity index (χ1n) is 7.09. The Kier molecular flexibility index (Phi) is 9.83. The molecule has 0 bridgehead atoms. The average Bonchev–Trinajstić information content (AvgIpc) is 2.27. The molecule has 0 fully saturated rings. The molecular formula is C14H30N2O3. The predicted molar refractivity (Wildman–Crippen MR) is 77.3 cm³/mol. The van der Waals surface area contributed by atoms with Gasteiger partial charge in [0.15, 0.2) is 0 Å². The van der Waals surface area contributed by atoms with Gasteiger partial charge >= 0.3 is 5.97 Å². The highest BCUT2D eigenvalue weighted by Crippen LogP contribution is 1.97. The first kappa shape index (κ1) is 18.4. The third kappa shape index (κ3) is 9.87. The van der Waals surface area contributed by atoms with E-state index in [4.69, 9.17) is 9.47 Å². The molecule has 0 radical (unpaired) electrons. The standard InChI is InChI=1S/C14H30N2O3/c1-7-18-14(17)13(15-11(2)3)10-16(6)8-9-19-12(4)5/h11-13,15H,7-10H2,1-6H3. The van der Waals surface area contributed by atoms with Gasteiger partial charge in [-0.1, -0.05) is 13.8 Å². The molecule has 114 valence electrons. The minimum absolute atomic E-state index is 0.187. The van der Waals surface area contributed by atoms with Crippen LogP contribution in [-0.4, -0.2) is 62.4 Å². The van der Waals surface area contributed by atoms with Gasteiger partial charge in [-0.05, 0) is 27.8 Å². The molecule has 1 atom stereocenters. The van der Waals surface area contributed by atoms with E-state index in [1.54, 1.807) is 0 Å². The highest BCUT2D eigenvalue weighted by atomic mass is 16.5. The quantitative estimate of drug-likeness (QED) is 0.608. The van der Waals surface area contributed by atoms with Gasteiger partial charge in [0.2, 0.25) is 0 Å². The monoisotopic (exact) mass is 274 g/mol. The molecule has 19 heavy (non-hydrogen) atoms. The fourth-order valence-electron chi connectivity index (χ4n) is 1.69. The Morgan fingerprint density at radius 2 is 1.89 bits per heavy atom. The number of esters is 1. The molecule has 0 rings (SSSR count). The summed E-state index contributed by atoms with van der Waals surface area (Å²) in [4.78, 5) is 13.9. The Morgan fingerprint density at radius 3 is 2.37 bits per heavy atom. The number of nitrogens with one attached hydrogen (secondary N) is 1. The summed E-state index contributed by atoms with van der Waals surface area (Å²) >= 11 is 0. The first-order valence-corrected chi connectivity index (χ1v) is 7.09. The van der Waals surface area contributed by atoms with E-state index in [0.717, 1.165) is 6.54 Å². The van der Waals surface area contributed by atoms with Crippen molar-refractivity contribution >= 4 is 5.97 Å². The summed E-state index contributed by atoms with van der Waals surface area (Å²) in [6, 6.07) is -0.0429. The number of carbonyl (C=O) groups is 1. The molecule has 5 nitrogen and oxygen atoms in total. The van der Waals surface area contributed by atoms with Crippen molar-refractivity contribution in [2.75, 3.05) is 33.4 Å². The van der Waals surface area contributed by atoms with Crippen molar-refractivity contribution in [2.24, 2.45) is 0 Å². The minimum atomic E-state index is -0.288. The van der Waals surface area contributed by atoms with Crippen LogP contribution in [0, 0.1) is 0 Å². The molecule has 0 saturated carbocycles. The van der Waals surface area contributed by atoms with Gasteiger partial charge < -0.3 is 19.7 Å². The summed E-state index contributed by atoms with van der Waals surface area (Å²) in [5, 5.41) is 3.24. The van der Waals surface area contributed by atoms with E-state index < -0.39 is 0 Å². The van der Waals surface area contributed by atoms with Crippen LogP contribution in [0.2, 0.25) is 0 Å². The lowest BCUT2D eigenvalue weighted by molar-refractivity contribution is -0.146. The largest absolute Gasteiger partial charge is 0.465 e. The Morgan fingerprint density at radius 1 is 1.26 bits per heavy atom. The van der Waals surface area contributed by atoms with Crippen molar-refractivity contribution in [2.45, 2.75) is 52.8 Å². The van der Waals surface area contributed by atoms with E-state index in [0.29, 0.717) is 19.8 Å². The smallest absolute Gasteiger partial charge is 0.324 e. The van der Waals surface area contributed by atoms with Gasteiger partial charge in [-0.2, -0.15) is 0 Å². The molecule has 0 aromatic heterocycles. The van der Waals surface area contributed by atoms with Crippen LogP contribution in [0.15, 0.2) is 0 Å². The summed E-state index contributed by atoms with van der Waals surface area (Å²) < 4.78 is 10.6. The Balaban J connectivity index is 4.18. The van der Waals surface area contributed by atoms with Gasteiger partial charge in [0.05, 0.1) is 19.3 Å². The number of hydrogen-bond acceptors (Lipinski definition) is 5. The van der Waals surface area contributed by atoms with Crippen LogP contribution < -0.4 is 5.32 Å². The van der Waals surface area contributed by atoms with E-state index in [1.807, 2.05) is 41.7 Å². The van der Waals surface area contributed by atoms with Crippen LogP contribution in [0.4, 0.5) is 0 Å². The maximum absolute atomic E-state index is 11.9. The molecule has 0 aliphatic carbocycles. The highest BCUT2D eigenvalue weighted by Gasteiger charge is 2.21. The van der Waals surface area contributed by atoms with Crippen LogP contribution in [0.25, 0.3) is 0 Å². The lowest BCUT2D eigenvalue weighted by Crippen LogP contribution is -2.49. The molecule has 0 aliphatic rings. The molecule has 5 heteroatoms. The van der Waals surface area contributed by atoms with Gasteiger partial charge in [0.1, 0.15) is 6.04 Å². The second-order valence-electron chi connectivity index (χ2n) is 5.31. The summed E-state index contributed by atoms with van der Waals surface area (Å²) in [7, 11) is 1.98. The molecule has 1 unspecified atom stereocenters. The van der Waals surface area contributed by atoms with Crippen molar-refractivity contribution in [3.63, 3.8) is 0 Å². The number of ether oxygens (including phenoxy) is 2. The lowest BCUT2D eigenvalue weighted by atomic mass is 10.2. The van der Waals surface area contributed by atoms with Crippen LogP contribution in [0.3, 0.4) is 0 Å². The molecule has 0 aromatic rings. The Hall–Kier alpha value is -0.650. The van der Waals surface area contributed by atoms with Crippen molar-refractivity contribution in [1.82, 2.24) is 10.2 Å². The zero-order valence-corrected chi connectivity index (χ0v) is 13.2. The van der Waals surface area contributed by atoms with E-state index in [1.165, 1.54) is 0 Å². The first-order chi connectivity index (χ1) is 8.86. The second-order valence-corrected chi connectivity index (χ2v) is 5.31. The Labute approximate surface area is 117 Å². The van der Waals surface area contributed by atoms with Crippen molar-refractivity contribution in [1.29, 1.82) is 0 Å². The van der Waals surface area contributed by atoms with E-state index in [9.17, 15) is 4.79 Å². The fourth-order valence-corrected chi connectivity index (χ4v) is 1.69. The summed E-state index contributed by atoms with van der Waals surface area (Å²) in [5.41, 5.74) is 0. The third-order valence-corrected chi connectivity index (χ3v) is 2.52. The van der Waals surface area contributed by atoms with Gasteiger partial charge in [-0.25, -0.2) is 0 Å². The summed E-state index contributed by atoms with van der Waals surface area (Å²) in [5.74, 6) is -0.187. The van der Waals surface area contributed by atoms with Crippen molar-refractivity contribution in [3.05, 3.63) is 0 Å². The molecule has 0 heterocycles. The number of hydrogen-bond donors (Lipinski definition) is 1. The highest BCUT2D eigenvalue weighted by molar-refractivity contribution is 5.76. The maximum atomic E-state index is 11.9. The van der Waals surface area contributed by atoms with Crippen LogP contribution >= 0.6 is 0 Å². The predicted octanol–water partition coefficient (Wildman–Crippen LogP) is 1.27. The molecular weight excluding hydrogens is 244 g/mol. The van der Waals surface area contributed by atoms with Crippen LogP contribution in [-0.2, 0) is 14.3 Å². The number of rotatable bonds is 10. The van der Waals surface area contributed by atoms with E-state index in [2.05, 4.69) is 10.2 Å². The number of carbonyl (C=O) groups excluding carboxylic acids is 1. The number of nitrogens with zero attached hydrogens (tertiary/aromatic N) is 1. The Bertz CT molecular complexity index is 245. The molecule has 0 spiro atoms. The summed E-state index contributed by atoms with van der Waals surface area (Å²) in [6.07, 6.45) is 0.239. The SMILES string of the molecule is CCOC(=O)C(CN(C)CCOC(C)C)NC(C)C. The van der Waals surface area contributed by atoms with Gasteiger partial charge in [0.25, 0.3) is 0 Å².